The molecule has 1 aliphatic rings. The molecule has 1 amide bonds. The molecule has 1 fully saturated rings. The van der Waals surface area contributed by atoms with E-state index in [9.17, 15) is 9.18 Å². The molecule has 1 aromatic rings. The second-order valence-corrected chi connectivity index (χ2v) is 5.61. The number of piperidine rings is 1. The van der Waals surface area contributed by atoms with E-state index in [0.29, 0.717) is 24.2 Å². The number of thiocarbonyl (C=S) groups is 1. The summed E-state index contributed by atoms with van der Waals surface area (Å²) >= 11 is 4.91. The van der Waals surface area contributed by atoms with Crippen molar-refractivity contribution >= 4 is 28.8 Å². The van der Waals surface area contributed by atoms with Gasteiger partial charge in [-0.15, -0.1) is 0 Å². The van der Waals surface area contributed by atoms with E-state index in [4.69, 9.17) is 18.0 Å². The highest BCUT2D eigenvalue weighted by molar-refractivity contribution is 7.80. The third kappa shape index (κ3) is 4.39. The van der Waals surface area contributed by atoms with Crippen LogP contribution in [0.1, 0.15) is 31.2 Å². The first kappa shape index (κ1) is 15.7. The van der Waals surface area contributed by atoms with E-state index in [1.165, 1.54) is 18.6 Å². The van der Waals surface area contributed by atoms with Crippen molar-refractivity contribution in [1.82, 2.24) is 4.90 Å². The molecule has 0 spiro atoms. The molecule has 1 aromatic carbocycles. The molecule has 0 radical (unpaired) electrons. The lowest BCUT2D eigenvalue weighted by atomic mass is 10.1. The zero-order valence-corrected chi connectivity index (χ0v) is 12.7. The number of carbonyl (C=O) groups excluding carboxylic acids is 1. The number of benzene rings is 1. The van der Waals surface area contributed by atoms with Gasteiger partial charge in [-0.1, -0.05) is 12.2 Å². The maximum absolute atomic E-state index is 13.2. The van der Waals surface area contributed by atoms with Gasteiger partial charge in [-0.3, -0.25) is 4.79 Å². The standard InChI is InChI=1S/C15H20FN3OS/c16-11-4-5-13(12(10-11)15(17)21)18-7-6-14(20)19-8-2-1-3-9-19/h4-5,10,18H,1-3,6-9H2,(H2,17,21). The van der Waals surface area contributed by atoms with Gasteiger partial charge in [-0.25, -0.2) is 4.39 Å². The molecule has 0 bridgehead atoms. The number of carbonyl (C=O) groups is 1. The van der Waals surface area contributed by atoms with Gasteiger partial charge in [0, 0.05) is 37.3 Å². The molecule has 2 rings (SSSR count). The number of rotatable bonds is 5. The SMILES string of the molecule is NC(=S)c1cc(F)ccc1NCCC(=O)N1CCCCC1. The lowest BCUT2D eigenvalue weighted by Crippen LogP contribution is -2.36. The van der Waals surface area contributed by atoms with Crippen molar-refractivity contribution in [1.29, 1.82) is 0 Å². The van der Waals surface area contributed by atoms with Crippen LogP contribution < -0.4 is 11.1 Å². The van der Waals surface area contributed by atoms with Crippen LogP contribution in [0.5, 0.6) is 0 Å². The lowest BCUT2D eigenvalue weighted by Gasteiger charge is -2.26. The summed E-state index contributed by atoms with van der Waals surface area (Å²) in [6.45, 7) is 2.19. The van der Waals surface area contributed by atoms with Gasteiger partial charge in [0.1, 0.15) is 10.8 Å². The summed E-state index contributed by atoms with van der Waals surface area (Å²) in [5, 5.41) is 3.11. The van der Waals surface area contributed by atoms with Crippen LogP contribution in [0.15, 0.2) is 18.2 Å². The Labute approximate surface area is 129 Å². The van der Waals surface area contributed by atoms with Crippen molar-refractivity contribution in [2.24, 2.45) is 5.73 Å². The molecule has 1 saturated heterocycles. The predicted molar refractivity (Wildman–Crippen MR) is 85.8 cm³/mol. The van der Waals surface area contributed by atoms with Crippen LogP contribution >= 0.6 is 12.2 Å². The molecule has 4 nitrogen and oxygen atoms in total. The second-order valence-electron chi connectivity index (χ2n) is 5.17. The Morgan fingerprint density at radius 3 is 2.71 bits per heavy atom. The first-order chi connectivity index (χ1) is 10.1. The molecule has 0 atom stereocenters. The fourth-order valence-corrected chi connectivity index (χ4v) is 2.65. The van der Waals surface area contributed by atoms with Crippen molar-refractivity contribution in [3.05, 3.63) is 29.6 Å². The van der Waals surface area contributed by atoms with E-state index >= 15 is 0 Å². The zero-order valence-electron chi connectivity index (χ0n) is 11.9. The molecule has 3 N–H and O–H groups in total. The predicted octanol–water partition coefficient (Wildman–Crippen LogP) is 2.27. The highest BCUT2D eigenvalue weighted by Gasteiger charge is 2.16. The maximum atomic E-state index is 13.2. The van der Waals surface area contributed by atoms with Crippen LogP contribution in [0.4, 0.5) is 10.1 Å². The molecule has 0 saturated carbocycles. The Bertz CT molecular complexity index is 530. The number of nitrogens with zero attached hydrogens (tertiary/aromatic N) is 1. The Hall–Kier alpha value is -1.69. The third-order valence-corrected chi connectivity index (χ3v) is 3.83. The van der Waals surface area contributed by atoms with Crippen LogP contribution in [0, 0.1) is 5.82 Å². The number of hydrogen-bond donors (Lipinski definition) is 2. The highest BCUT2D eigenvalue weighted by Crippen LogP contribution is 2.17. The van der Waals surface area contributed by atoms with E-state index in [0.717, 1.165) is 25.9 Å². The summed E-state index contributed by atoms with van der Waals surface area (Å²) in [6, 6.07) is 4.24. The van der Waals surface area contributed by atoms with Gasteiger partial charge in [0.15, 0.2) is 0 Å². The van der Waals surface area contributed by atoms with Crippen LogP contribution in [0.3, 0.4) is 0 Å². The van der Waals surface area contributed by atoms with E-state index in [1.807, 2.05) is 4.90 Å². The molecule has 0 unspecified atom stereocenters. The number of likely N-dealkylation sites (tertiary alicyclic amines) is 1. The molecular weight excluding hydrogens is 289 g/mol. The topological polar surface area (TPSA) is 58.4 Å². The summed E-state index contributed by atoms with van der Waals surface area (Å²) < 4.78 is 13.2. The Balaban J connectivity index is 1.88. The highest BCUT2D eigenvalue weighted by atomic mass is 32.1. The fourth-order valence-electron chi connectivity index (χ4n) is 2.48. The summed E-state index contributed by atoms with van der Waals surface area (Å²) in [5.74, 6) is -0.228. The molecule has 1 aliphatic heterocycles. The van der Waals surface area contributed by atoms with Gasteiger partial charge >= 0.3 is 0 Å². The minimum atomic E-state index is -0.382. The number of anilines is 1. The minimum absolute atomic E-state index is 0.138. The largest absolute Gasteiger partial charge is 0.389 e. The summed E-state index contributed by atoms with van der Waals surface area (Å²) in [4.78, 5) is 14.1. The van der Waals surface area contributed by atoms with Crippen molar-refractivity contribution in [2.45, 2.75) is 25.7 Å². The quantitative estimate of drug-likeness (QED) is 0.819. The number of nitrogens with two attached hydrogens (primary N) is 1. The number of nitrogens with one attached hydrogen (secondary N) is 1. The summed E-state index contributed by atoms with van der Waals surface area (Å²) in [7, 11) is 0. The zero-order chi connectivity index (χ0) is 15.2. The Morgan fingerprint density at radius 2 is 2.05 bits per heavy atom. The van der Waals surface area contributed by atoms with Gasteiger partial charge < -0.3 is 16.0 Å². The van der Waals surface area contributed by atoms with Gasteiger partial charge in [0.05, 0.1) is 0 Å². The number of amides is 1. The maximum Gasteiger partial charge on any atom is 0.224 e. The number of halogens is 1. The van der Waals surface area contributed by atoms with Crippen molar-refractivity contribution < 1.29 is 9.18 Å². The van der Waals surface area contributed by atoms with Crippen LogP contribution in [-0.4, -0.2) is 35.4 Å². The molecular formula is C15H20FN3OS. The summed E-state index contributed by atoms with van der Waals surface area (Å²) in [6.07, 6.45) is 3.79. The fraction of sp³-hybridized carbons (Fsp3) is 0.467. The smallest absolute Gasteiger partial charge is 0.224 e. The van der Waals surface area contributed by atoms with Crippen LogP contribution in [0.25, 0.3) is 0 Å². The average Bonchev–Trinajstić information content (AvgIpc) is 2.49. The van der Waals surface area contributed by atoms with Crippen molar-refractivity contribution in [3.63, 3.8) is 0 Å². The van der Waals surface area contributed by atoms with Crippen LogP contribution in [0.2, 0.25) is 0 Å². The normalized spacial score (nSPS) is 14.8. The second kappa shape index (κ2) is 7.36. The molecule has 0 aliphatic carbocycles. The van der Waals surface area contributed by atoms with Crippen molar-refractivity contribution in [2.75, 3.05) is 25.0 Å². The first-order valence-electron chi connectivity index (χ1n) is 7.19. The molecule has 1 heterocycles. The Kier molecular flexibility index (Phi) is 5.50. The van der Waals surface area contributed by atoms with Gasteiger partial charge in [-0.2, -0.15) is 0 Å². The van der Waals surface area contributed by atoms with Crippen molar-refractivity contribution in [3.8, 4) is 0 Å². The lowest BCUT2D eigenvalue weighted by molar-refractivity contribution is -0.131. The van der Waals surface area contributed by atoms with E-state index in [1.54, 1.807) is 6.07 Å². The first-order valence-corrected chi connectivity index (χ1v) is 7.60. The molecule has 0 aromatic heterocycles. The van der Waals surface area contributed by atoms with E-state index in [2.05, 4.69) is 5.32 Å². The van der Waals surface area contributed by atoms with E-state index < -0.39 is 0 Å². The van der Waals surface area contributed by atoms with Gasteiger partial charge in [-0.05, 0) is 37.5 Å². The van der Waals surface area contributed by atoms with E-state index in [-0.39, 0.29) is 16.7 Å². The van der Waals surface area contributed by atoms with Gasteiger partial charge in [0.25, 0.3) is 0 Å². The molecule has 6 heteroatoms. The van der Waals surface area contributed by atoms with Crippen LogP contribution in [-0.2, 0) is 4.79 Å². The minimum Gasteiger partial charge on any atom is -0.389 e. The monoisotopic (exact) mass is 309 g/mol. The third-order valence-electron chi connectivity index (χ3n) is 3.61. The molecule has 114 valence electrons. The van der Waals surface area contributed by atoms with Gasteiger partial charge in [0.2, 0.25) is 5.91 Å². The summed E-state index contributed by atoms with van der Waals surface area (Å²) in [5.41, 5.74) is 6.71. The Morgan fingerprint density at radius 1 is 1.33 bits per heavy atom. The average molecular weight is 309 g/mol. The molecule has 21 heavy (non-hydrogen) atoms. The number of hydrogen-bond acceptors (Lipinski definition) is 3.